The molecule has 0 aliphatic carbocycles. The Morgan fingerprint density at radius 2 is 1.22 bits per heavy atom. The van der Waals surface area contributed by atoms with E-state index in [4.69, 9.17) is 0 Å². The molecule has 3 nitrogen and oxygen atoms in total. The van der Waals surface area contributed by atoms with Crippen LogP contribution in [0.5, 0.6) is 0 Å². The number of hydrogen-bond donors (Lipinski definition) is 0. The second-order valence-corrected chi connectivity index (χ2v) is 5.68. The predicted molar refractivity (Wildman–Crippen MR) is 94.9 cm³/mol. The summed E-state index contributed by atoms with van der Waals surface area (Å²) >= 11 is 0. The molecule has 0 saturated heterocycles. The molecule has 1 amide bonds. The summed E-state index contributed by atoms with van der Waals surface area (Å²) in [6, 6.07) is 20.7. The van der Waals surface area contributed by atoms with Crippen LogP contribution in [0.3, 0.4) is 0 Å². The van der Waals surface area contributed by atoms with Crippen molar-refractivity contribution in [2.24, 2.45) is 0 Å². The monoisotopic (exact) mass is 310 g/mol. The maximum Gasteiger partial charge on any atom is 0.236 e. The molecule has 0 atom stereocenters. The van der Waals surface area contributed by atoms with Gasteiger partial charge in [-0.1, -0.05) is 60.7 Å². The maximum absolute atomic E-state index is 12.5. The summed E-state index contributed by atoms with van der Waals surface area (Å²) in [5.41, 5.74) is 2.46. The molecule has 0 fully saturated rings. The van der Waals surface area contributed by atoms with Gasteiger partial charge in [-0.05, 0) is 25.0 Å². The number of nitrogens with zero attached hydrogens (tertiary/aromatic N) is 2. The average Bonchev–Trinajstić information content (AvgIpc) is 2.57. The number of amides is 1. The van der Waals surface area contributed by atoms with E-state index in [1.54, 1.807) is 0 Å². The van der Waals surface area contributed by atoms with Gasteiger partial charge in [-0.3, -0.25) is 9.69 Å². The average molecular weight is 310 g/mol. The lowest BCUT2D eigenvalue weighted by atomic mass is 10.1. The molecule has 122 valence electrons. The van der Waals surface area contributed by atoms with Crippen molar-refractivity contribution in [1.82, 2.24) is 9.80 Å². The maximum atomic E-state index is 12.5. The highest BCUT2D eigenvalue weighted by molar-refractivity contribution is 5.78. The fraction of sp³-hybridized carbons (Fsp3) is 0.350. The van der Waals surface area contributed by atoms with Crippen LogP contribution in [0.15, 0.2) is 60.7 Å². The quantitative estimate of drug-likeness (QED) is 0.744. The molecule has 0 spiro atoms. The number of rotatable bonds is 8. The Balaban J connectivity index is 2.09. The van der Waals surface area contributed by atoms with Crippen molar-refractivity contribution in [3.8, 4) is 0 Å². The Kier molecular flexibility index (Phi) is 6.82. The fourth-order valence-corrected chi connectivity index (χ4v) is 2.72. The van der Waals surface area contributed by atoms with Crippen LogP contribution in [-0.2, 0) is 17.9 Å². The highest BCUT2D eigenvalue weighted by Gasteiger charge is 2.15. The van der Waals surface area contributed by atoms with Gasteiger partial charge >= 0.3 is 0 Å². The standard InChI is InChI=1S/C20H26N2O/c1-3-22(4-2)20(23)17-21(15-18-11-7-5-8-12-18)16-19-13-9-6-10-14-19/h5-14H,3-4,15-17H2,1-2H3. The molecule has 0 bridgehead atoms. The van der Waals surface area contributed by atoms with Crippen LogP contribution >= 0.6 is 0 Å². The molecule has 0 saturated carbocycles. The molecule has 2 aromatic rings. The normalized spacial score (nSPS) is 10.7. The molecule has 2 rings (SSSR count). The van der Waals surface area contributed by atoms with Gasteiger partial charge in [0.25, 0.3) is 0 Å². The highest BCUT2D eigenvalue weighted by Crippen LogP contribution is 2.10. The van der Waals surface area contributed by atoms with Crippen LogP contribution in [0.4, 0.5) is 0 Å². The largest absolute Gasteiger partial charge is 0.342 e. The summed E-state index contributed by atoms with van der Waals surface area (Å²) in [7, 11) is 0. The van der Waals surface area contributed by atoms with Crippen molar-refractivity contribution in [3.63, 3.8) is 0 Å². The first-order chi connectivity index (χ1) is 11.2. The molecule has 0 unspecified atom stereocenters. The third kappa shape index (κ3) is 5.53. The van der Waals surface area contributed by atoms with E-state index in [0.717, 1.165) is 26.2 Å². The number of hydrogen-bond acceptors (Lipinski definition) is 2. The summed E-state index contributed by atoms with van der Waals surface area (Å²) < 4.78 is 0. The molecular formula is C20H26N2O. The third-order valence-corrected chi connectivity index (χ3v) is 3.97. The molecule has 0 N–H and O–H groups in total. The Morgan fingerprint density at radius 3 is 1.61 bits per heavy atom. The number of carbonyl (C=O) groups is 1. The molecule has 0 aliphatic rings. The predicted octanol–water partition coefficient (Wildman–Crippen LogP) is 3.56. The van der Waals surface area contributed by atoms with Crippen molar-refractivity contribution in [2.45, 2.75) is 26.9 Å². The topological polar surface area (TPSA) is 23.6 Å². The van der Waals surface area contributed by atoms with Crippen LogP contribution in [0.25, 0.3) is 0 Å². The van der Waals surface area contributed by atoms with Gasteiger partial charge in [0.05, 0.1) is 6.54 Å². The smallest absolute Gasteiger partial charge is 0.236 e. The summed E-state index contributed by atoms with van der Waals surface area (Å²) in [4.78, 5) is 16.6. The van der Waals surface area contributed by atoms with Crippen molar-refractivity contribution in [1.29, 1.82) is 0 Å². The van der Waals surface area contributed by atoms with Crippen molar-refractivity contribution in [3.05, 3.63) is 71.8 Å². The van der Waals surface area contributed by atoms with Crippen LogP contribution in [0.1, 0.15) is 25.0 Å². The summed E-state index contributed by atoms with van der Waals surface area (Å²) in [6.45, 7) is 7.59. The van der Waals surface area contributed by atoms with E-state index in [1.807, 2.05) is 55.1 Å². The summed E-state index contributed by atoms with van der Waals surface area (Å²) in [5, 5.41) is 0. The molecule has 0 heterocycles. The van der Waals surface area contributed by atoms with Crippen LogP contribution in [-0.4, -0.2) is 35.3 Å². The second kappa shape index (κ2) is 9.11. The van der Waals surface area contributed by atoms with E-state index in [0.29, 0.717) is 6.54 Å². The minimum Gasteiger partial charge on any atom is -0.342 e. The highest BCUT2D eigenvalue weighted by atomic mass is 16.2. The molecular weight excluding hydrogens is 284 g/mol. The van der Waals surface area contributed by atoms with E-state index in [1.165, 1.54) is 11.1 Å². The summed E-state index contributed by atoms with van der Waals surface area (Å²) in [6.07, 6.45) is 0. The zero-order valence-corrected chi connectivity index (χ0v) is 14.1. The Labute approximate surface area is 139 Å². The lowest BCUT2D eigenvalue weighted by Crippen LogP contribution is -2.39. The van der Waals surface area contributed by atoms with Gasteiger partial charge in [0.1, 0.15) is 0 Å². The fourth-order valence-electron chi connectivity index (χ4n) is 2.72. The minimum absolute atomic E-state index is 0.196. The van der Waals surface area contributed by atoms with Crippen molar-refractivity contribution >= 4 is 5.91 Å². The first-order valence-corrected chi connectivity index (χ1v) is 8.31. The zero-order valence-electron chi connectivity index (χ0n) is 14.1. The van der Waals surface area contributed by atoms with E-state index in [-0.39, 0.29) is 5.91 Å². The molecule has 0 aromatic heterocycles. The van der Waals surface area contributed by atoms with E-state index >= 15 is 0 Å². The van der Waals surface area contributed by atoms with Gasteiger partial charge in [0.15, 0.2) is 0 Å². The molecule has 3 heteroatoms. The van der Waals surface area contributed by atoms with Crippen LogP contribution in [0.2, 0.25) is 0 Å². The molecule has 0 radical (unpaired) electrons. The van der Waals surface area contributed by atoms with E-state index in [9.17, 15) is 4.79 Å². The van der Waals surface area contributed by atoms with Crippen LogP contribution in [0, 0.1) is 0 Å². The van der Waals surface area contributed by atoms with Crippen molar-refractivity contribution in [2.75, 3.05) is 19.6 Å². The number of likely N-dealkylation sites (N-methyl/N-ethyl adjacent to an activating group) is 1. The molecule has 23 heavy (non-hydrogen) atoms. The van der Waals surface area contributed by atoms with Crippen LogP contribution < -0.4 is 0 Å². The lowest BCUT2D eigenvalue weighted by molar-refractivity contribution is -0.132. The summed E-state index contributed by atoms with van der Waals surface area (Å²) in [5.74, 6) is 0.196. The lowest BCUT2D eigenvalue weighted by Gasteiger charge is -2.26. The Bertz CT molecular complexity index is 538. The van der Waals surface area contributed by atoms with Gasteiger partial charge < -0.3 is 4.90 Å². The van der Waals surface area contributed by atoms with Gasteiger partial charge in [0.2, 0.25) is 5.91 Å². The Hall–Kier alpha value is -2.13. The van der Waals surface area contributed by atoms with Gasteiger partial charge in [-0.15, -0.1) is 0 Å². The van der Waals surface area contributed by atoms with Gasteiger partial charge in [-0.25, -0.2) is 0 Å². The first-order valence-electron chi connectivity index (χ1n) is 8.31. The second-order valence-electron chi connectivity index (χ2n) is 5.68. The minimum atomic E-state index is 0.196. The first kappa shape index (κ1) is 17.2. The van der Waals surface area contributed by atoms with Crippen molar-refractivity contribution < 1.29 is 4.79 Å². The molecule has 0 aliphatic heterocycles. The third-order valence-electron chi connectivity index (χ3n) is 3.97. The molecule has 2 aromatic carbocycles. The van der Waals surface area contributed by atoms with E-state index in [2.05, 4.69) is 29.2 Å². The SMILES string of the molecule is CCN(CC)C(=O)CN(Cc1ccccc1)Cc1ccccc1. The number of carbonyl (C=O) groups excluding carboxylic acids is 1. The zero-order chi connectivity index (χ0) is 16.5. The Morgan fingerprint density at radius 1 is 0.783 bits per heavy atom. The van der Waals surface area contributed by atoms with E-state index < -0.39 is 0 Å². The van der Waals surface area contributed by atoms with Gasteiger partial charge in [-0.2, -0.15) is 0 Å². The number of benzene rings is 2. The van der Waals surface area contributed by atoms with Gasteiger partial charge in [0, 0.05) is 26.2 Å².